The molecule has 0 aromatic heterocycles. The average Bonchev–Trinajstić information content (AvgIpc) is 3.41. The molecule has 0 saturated heterocycles. The van der Waals surface area contributed by atoms with Gasteiger partial charge in [-0.05, 0) is 44.1 Å². The van der Waals surface area contributed by atoms with E-state index in [9.17, 15) is 24.1 Å². The first-order valence-corrected chi connectivity index (χ1v) is 20.4. The third-order valence-electron chi connectivity index (χ3n) is 8.66. The van der Waals surface area contributed by atoms with Crippen molar-refractivity contribution in [3.63, 3.8) is 0 Å². The van der Waals surface area contributed by atoms with Gasteiger partial charge in [0.05, 0.1) is 12.7 Å². The van der Waals surface area contributed by atoms with Crippen LogP contribution < -0.4 is 0 Å². The number of carbonyl (C=O) groups is 3. The number of phosphoric acid groups is 1. The Balaban J connectivity index is 2.32. The molecule has 3 N–H and O–H groups in total. The third-order valence-corrected chi connectivity index (χ3v) is 9.14. The zero-order chi connectivity index (χ0) is 36.2. The smallest absolute Gasteiger partial charge is 0.462 e. The highest BCUT2D eigenvalue weighted by atomic mass is 31.2. The summed E-state index contributed by atoms with van der Waals surface area (Å²) in [6, 6.07) is 0. The van der Waals surface area contributed by atoms with Gasteiger partial charge in [-0.1, -0.05) is 134 Å². The number of carbonyl (C=O) groups excluding carboxylic acids is 3. The Kier molecular flexibility index (Phi) is 26.2. The Labute approximate surface area is 295 Å². The minimum absolute atomic E-state index is 0.0185. The molecule has 0 heterocycles. The summed E-state index contributed by atoms with van der Waals surface area (Å²) in [5.41, 5.74) is 0. The van der Waals surface area contributed by atoms with E-state index >= 15 is 0 Å². The highest BCUT2D eigenvalue weighted by Gasteiger charge is 2.27. The van der Waals surface area contributed by atoms with Gasteiger partial charge in [0, 0.05) is 18.8 Å². The van der Waals surface area contributed by atoms with Gasteiger partial charge in [0.25, 0.3) is 0 Å². The number of allylic oxidation sites excluding steroid dienone is 5. The predicted molar refractivity (Wildman–Crippen MR) is 193 cm³/mol. The van der Waals surface area contributed by atoms with Crippen LogP contribution in [0.1, 0.15) is 149 Å². The first-order chi connectivity index (χ1) is 23.6. The fraction of sp³-hybridized carbons (Fsp3) is 0.763. The van der Waals surface area contributed by atoms with E-state index in [1.165, 1.54) is 51.4 Å². The lowest BCUT2D eigenvalue weighted by Gasteiger charge is -2.18. The van der Waals surface area contributed by atoms with Crippen LogP contribution in [-0.2, 0) is 32.9 Å². The van der Waals surface area contributed by atoms with Crippen LogP contribution >= 0.6 is 7.82 Å². The monoisotopic (exact) mass is 712 g/mol. The Bertz CT molecular complexity index is 1030. The molecule has 282 valence electrons. The lowest BCUT2D eigenvalue weighted by molar-refractivity contribution is -0.161. The molecule has 1 aliphatic carbocycles. The van der Waals surface area contributed by atoms with Crippen LogP contribution in [-0.4, -0.2) is 58.0 Å². The van der Waals surface area contributed by atoms with Crippen LogP contribution in [0.25, 0.3) is 0 Å². The number of ether oxygens (including phenoxy) is 2. The number of unbranched alkanes of at least 4 members (excludes halogenated alkanes) is 14. The van der Waals surface area contributed by atoms with Gasteiger partial charge in [-0.15, -0.1) is 0 Å². The quantitative estimate of drug-likeness (QED) is 0.0275. The fourth-order valence-corrected chi connectivity index (χ4v) is 6.08. The molecule has 0 radical (unpaired) electrons. The lowest BCUT2D eigenvalue weighted by atomic mass is 9.90. The van der Waals surface area contributed by atoms with E-state index in [0.717, 1.165) is 38.5 Å². The van der Waals surface area contributed by atoms with E-state index in [-0.39, 0.29) is 37.1 Å². The molecule has 0 unspecified atom stereocenters. The molecule has 11 heteroatoms. The van der Waals surface area contributed by atoms with Crippen LogP contribution in [0, 0.1) is 11.8 Å². The van der Waals surface area contributed by atoms with Crippen LogP contribution in [0.5, 0.6) is 0 Å². The molecule has 4 atom stereocenters. The molecular weight excluding hydrogens is 647 g/mol. The van der Waals surface area contributed by atoms with E-state index in [0.29, 0.717) is 32.1 Å². The number of aliphatic hydroxyl groups excluding tert-OH is 1. The summed E-state index contributed by atoms with van der Waals surface area (Å²) in [5, 5.41) is 10.2. The van der Waals surface area contributed by atoms with Crippen LogP contribution in [0.2, 0.25) is 0 Å². The zero-order valence-electron chi connectivity index (χ0n) is 30.2. The molecule has 0 aromatic carbocycles. The van der Waals surface area contributed by atoms with Crippen molar-refractivity contribution in [1.82, 2.24) is 0 Å². The Morgan fingerprint density at radius 2 is 1.41 bits per heavy atom. The predicted octanol–water partition coefficient (Wildman–Crippen LogP) is 8.63. The second-order valence-electron chi connectivity index (χ2n) is 13.2. The molecule has 0 aromatic rings. The summed E-state index contributed by atoms with van der Waals surface area (Å²) in [7, 11) is -4.80. The maximum atomic E-state index is 12.4. The van der Waals surface area contributed by atoms with Gasteiger partial charge >= 0.3 is 19.8 Å². The molecule has 0 bridgehead atoms. The molecule has 1 rings (SSSR count). The first-order valence-electron chi connectivity index (χ1n) is 18.8. The Morgan fingerprint density at radius 3 is 2.04 bits per heavy atom. The normalized spacial score (nSPS) is 17.7. The third kappa shape index (κ3) is 25.5. The second-order valence-corrected chi connectivity index (χ2v) is 14.5. The maximum Gasteiger partial charge on any atom is 0.469 e. The summed E-state index contributed by atoms with van der Waals surface area (Å²) < 4.78 is 26.3. The molecule has 0 fully saturated rings. The summed E-state index contributed by atoms with van der Waals surface area (Å²) in [5.74, 6) is -1.27. The van der Waals surface area contributed by atoms with Gasteiger partial charge < -0.3 is 24.4 Å². The van der Waals surface area contributed by atoms with Gasteiger partial charge in [-0.25, -0.2) is 4.57 Å². The molecule has 10 nitrogen and oxygen atoms in total. The number of esters is 2. The maximum absolute atomic E-state index is 12.4. The molecule has 0 saturated carbocycles. The molecule has 0 aliphatic heterocycles. The minimum Gasteiger partial charge on any atom is -0.462 e. The van der Waals surface area contributed by atoms with Gasteiger partial charge in [-0.3, -0.25) is 18.9 Å². The van der Waals surface area contributed by atoms with E-state index in [1.54, 1.807) is 12.2 Å². The number of rotatable bonds is 31. The van der Waals surface area contributed by atoms with Crippen molar-refractivity contribution in [3.05, 3.63) is 36.5 Å². The van der Waals surface area contributed by atoms with Crippen molar-refractivity contribution in [2.24, 2.45) is 11.8 Å². The topological polar surface area (TPSA) is 157 Å². The van der Waals surface area contributed by atoms with Crippen molar-refractivity contribution < 1.29 is 47.8 Å². The molecular formula is C38H65O10P. The van der Waals surface area contributed by atoms with Crippen molar-refractivity contribution >= 4 is 25.5 Å². The van der Waals surface area contributed by atoms with E-state index in [2.05, 4.69) is 18.4 Å². The Hall–Kier alpha value is -2.10. The standard InChI is InChI=1S/C38H65O10P/c1-3-5-7-8-9-10-11-12-13-14-15-20-24-37(41)46-30-34(31-47-49(43,44)45)48-38(42)25-21-17-16-19-22-32-26-29-36(40)35(32)28-27-33(39)23-18-6-4-2/h16,19,26-29,32-35,39H,3-15,17-18,20-25,30-31H2,1-2H3,(H2,43,44,45)/b19-16-,28-27+/t32-,33-,34+,35+/m0/s1. The fourth-order valence-electron chi connectivity index (χ4n) is 5.72. The number of hydrogen-bond acceptors (Lipinski definition) is 8. The Morgan fingerprint density at radius 1 is 0.816 bits per heavy atom. The summed E-state index contributed by atoms with van der Waals surface area (Å²) in [4.78, 5) is 55.1. The van der Waals surface area contributed by atoms with Crippen LogP contribution in [0.15, 0.2) is 36.5 Å². The zero-order valence-corrected chi connectivity index (χ0v) is 31.1. The minimum atomic E-state index is -4.80. The number of phosphoric ester groups is 1. The van der Waals surface area contributed by atoms with Crippen LogP contribution in [0.3, 0.4) is 0 Å². The summed E-state index contributed by atoms with van der Waals surface area (Å²) in [6.45, 7) is 3.40. The van der Waals surface area contributed by atoms with Crippen molar-refractivity contribution in [2.45, 2.75) is 161 Å². The highest BCUT2D eigenvalue weighted by molar-refractivity contribution is 7.46. The highest BCUT2D eigenvalue weighted by Crippen LogP contribution is 2.36. The van der Waals surface area contributed by atoms with Crippen molar-refractivity contribution in [3.8, 4) is 0 Å². The molecule has 0 amide bonds. The largest absolute Gasteiger partial charge is 0.469 e. The van der Waals surface area contributed by atoms with Crippen molar-refractivity contribution in [2.75, 3.05) is 13.2 Å². The summed E-state index contributed by atoms with van der Waals surface area (Å²) in [6.07, 6.45) is 29.3. The van der Waals surface area contributed by atoms with Gasteiger partial charge in [-0.2, -0.15) is 0 Å². The first kappa shape index (κ1) is 44.9. The van der Waals surface area contributed by atoms with E-state index in [1.807, 2.05) is 24.3 Å². The molecule has 1 aliphatic rings. The van der Waals surface area contributed by atoms with Crippen LogP contribution in [0.4, 0.5) is 0 Å². The SMILES string of the molecule is CCCCCCCCCCCCCCC(=O)OC[C@H](COP(=O)(O)O)OC(=O)CCC/C=C\C[C@H]1C=CC(=O)[C@@H]1/C=C/[C@@H](O)CCCCC. The number of hydrogen-bond donors (Lipinski definition) is 3. The average molecular weight is 713 g/mol. The number of aliphatic hydroxyl groups is 1. The van der Waals surface area contributed by atoms with Gasteiger partial charge in [0.2, 0.25) is 0 Å². The van der Waals surface area contributed by atoms with E-state index < -0.39 is 38.6 Å². The van der Waals surface area contributed by atoms with E-state index in [4.69, 9.17) is 19.3 Å². The second kappa shape index (κ2) is 28.6. The van der Waals surface area contributed by atoms with Crippen molar-refractivity contribution in [1.29, 1.82) is 0 Å². The van der Waals surface area contributed by atoms with Gasteiger partial charge in [0.1, 0.15) is 6.61 Å². The lowest BCUT2D eigenvalue weighted by Crippen LogP contribution is -2.29. The molecule has 0 spiro atoms. The number of ketones is 1. The van der Waals surface area contributed by atoms with Gasteiger partial charge in [0.15, 0.2) is 11.9 Å². The summed E-state index contributed by atoms with van der Waals surface area (Å²) >= 11 is 0. The molecule has 49 heavy (non-hydrogen) atoms.